The van der Waals surface area contributed by atoms with E-state index in [1.165, 1.54) is 36.0 Å². The molecular weight excluding hydrogens is 1030 g/mol. The topological polar surface area (TPSA) is 167 Å². The highest BCUT2D eigenvalue weighted by Crippen LogP contribution is 2.60. The highest BCUT2D eigenvalue weighted by molar-refractivity contribution is 5.89. The van der Waals surface area contributed by atoms with Crippen molar-refractivity contribution >= 4 is 22.7 Å². The summed E-state index contributed by atoms with van der Waals surface area (Å²) in [6, 6.07) is 28.6. The molecule has 1 aromatic heterocycles. The number of ether oxygens (including phenoxy) is 4. The van der Waals surface area contributed by atoms with Crippen LogP contribution in [-0.4, -0.2) is 81.1 Å². The number of aromatic nitrogens is 1. The molecule has 82 heavy (non-hydrogen) atoms. The van der Waals surface area contributed by atoms with Gasteiger partial charge in [-0.1, -0.05) is 97.9 Å². The number of hydrogen-bond donors (Lipinski definition) is 7. The van der Waals surface area contributed by atoms with Gasteiger partial charge in [-0.3, -0.25) is 5.32 Å². The van der Waals surface area contributed by atoms with Crippen LogP contribution in [-0.2, 0) is 58.5 Å². The predicted octanol–water partition coefficient (Wildman–Crippen LogP) is 11.4. The van der Waals surface area contributed by atoms with Crippen molar-refractivity contribution in [1.82, 2.24) is 15.2 Å². The number of aromatic hydroxyl groups is 3. The van der Waals surface area contributed by atoms with Gasteiger partial charge in [-0.2, -0.15) is 0 Å². The van der Waals surface area contributed by atoms with Crippen molar-refractivity contribution in [3.8, 4) is 34.8 Å². The average Bonchev–Trinajstić information content (AvgIpc) is 3.81. The van der Waals surface area contributed by atoms with Crippen LogP contribution >= 0.6 is 0 Å². The number of phenols is 3. The molecule has 3 aliphatic carbocycles. The van der Waals surface area contributed by atoms with Gasteiger partial charge < -0.3 is 54.4 Å². The zero-order valence-corrected chi connectivity index (χ0v) is 47.1. The molecule has 426 valence electrons. The Morgan fingerprint density at radius 2 is 1.74 bits per heavy atom. The van der Waals surface area contributed by atoms with Gasteiger partial charge in [0, 0.05) is 89.6 Å². The van der Waals surface area contributed by atoms with Gasteiger partial charge in [-0.25, -0.2) is 0 Å². The number of fused-ring (bicyclic) bond motifs is 6. The molecule has 6 heterocycles. The number of benzene rings is 5. The third-order valence-electron chi connectivity index (χ3n) is 19.5. The van der Waals surface area contributed by atoms with Crippen LogP contribution in [0.4, 0.5) is 0 Å². The van der Waals surface area contributed by atoms with Crippen LogP contribution in [0.15, 0.2) is 121 Å². The normalized spacial score (nSPS) is 25.7. The fraction of sp³-hybridized carbons (Fsp3) is 0.429. The van der Waals surface area contributed by atoms with Gasteiger partial charge in [0.1, 0.15) is 30.1 Å². The molecule has 12 heteroatoms. The standard InChI is InChI=1S/C70H77N3O9/c1-79-43-71-66-36-48-19-17-44(15-16-45-18-23-62(76)50(29-45)30-46-10-7-12-55(75)31-46)9-8-13-56-37-63(77)49-20-22-57-58(34-49)52(40-74)35-64(78)67(57)81-41-53-33-54(32-51-38-73(39-59(51)53)68(72-66)60(48)42-80-56)70-27-28-82-69(25-5-2-6-26-69)65(70)24-21-47-11-3-4-14-61(47)70/h3-4,7,10-12,14,18,20,22-23,29,31-33,35-36,38-39,44,49,56,63,65-66,71-72,74-78H,2,5-6,8-9,13,15-16,21,24-28,30,34,37,40-43H2,1H3/t44-,49-,56+,63+,65+,66?,70+/m1/s1. The first kappa shape index (κ1) is 54.4. The molecule has 1 unspecified atom stereocenters. The number of methoxy groups -OCH3 is 1. The molecule has 5 aliphatic heterocycles. The SMILES string of the molecule is COCNC1C=C2C#C[C@@H](CCc3ccc(O)c(Cc4cccc(O)c4)c3)CCC[C@H]3C[C@H](O)[C@@H]4C=Cc5c(c(CO)cc(O)c5OCc5cc([C@]67CCOC8(CCCCC8)[C@@H]6CCc6ccccc67)cc6cn(cc56)C(=C2CO3)N1)C4. The van der Waals surface area contributed by atoms with E-state index in [0.717, 1.165) is 119 Å². The Balaban J connectivity index is 0.952. The van der Waals surface area contributed by atoms with E-state index >= 15 is 0 Å². The van der Waals surface area contributed by atoms with E-state index < -0.39 is 6.10 Å². The number of aliphatic hydroxyl groups excluding tert-OH is 2. The van der Waals surface area contributed by atoms with Crippen LogP contribution in [0.2, 0.25) is 0 Å². The Morgan fingerprint density at radius 1 is 0.854 bits per heavy atom. The van der Waals surface area contributed by atoms with Gasteiger partial charge in [0.15, 0.2) is 11.5 Å². The minimum Gasteiger partial charge on any atom is -0.508 e. The molecule has 12 nitrogen and oxygen atoms in total. The minimum atomic E-state index is -0.761. The van der Waals surface area contributed by atoms with E-state index in [-0.39, 0.29) is 78.1 Å². The van der Waals surface area contributed by atoms with Crippen LogP contribution < -0.4 is 15.4 Å². The second-order valence-corrected chi connectivity index (χ2v) is 24.3. The number of rotatable bonds is 10. The Morgan fingerprint density at radius 3 is 2.61 bits per heavy atom. The molecule has 7 N–H and O–H groups in total. The monoisotopic (exact) mass is 1100 g/mol. The summed E-state index contributed by atoms with van der Waals surface area (Å²) in [6.07, 6.45) is 23.2. The van der Waals surface area contributed by atoms with Gasteiger partial charge in [-0.05, 0) is 157 Å². The van der Waals surface area contributed by atoms with Gasteiger partial charge in [-0.15, -0.1) is 0 Å². The van der Waals surface area contributed by atoms with E-state index in [0.29, 0.717) is 50.3 Å². The summed E-state index contributed by atoms with van der Waals surface area (Å²) in [4.78, 5) is 0. The van der Waals surface area contributed by atoms with Crippen LogP contribution in [0.1, 0.15) is 133 Å². The van der Waals surface area contributed by atoms with Crippen molar-refractivity contribution in [3.05, 3.63) is 176 Å². The lowest BCUT2D eigenvalue weighted by molar-refractivity contribution is -0.166. The second-order valence-electron chi connectivity index (χ2n) is 24.3. The third-order valence-corrected chi connectivity index (χ3v) is 19.5. The van der Waals surface area contributed by atoms with Crippen molar-refractivity contribution in [2.24, 2.45) is 17.8 Å². The highest BCUT2D eigenvalue weighted by Gasteiger charge is 2.58. The van der Waals surface area contributed by atoms with Crippen molar-refractivity contribution in [2.75, 3.05) is 27.1 Å². The molecule has 5 aromatic carbocycles. The lowest BCUT2D eigenvalue weighted by Gasteiger charge is -2.59. The first-order chi connectivity index (χ1) is 40.1. The van der Waals surface area contributed by atoms with Crippen molar-refractivity contribution in [2.45, 2.75) is 145 Å². The number of phenolic OH excluding ortho intramolecular Hbond substituents is 3. The molecule has 6 aromatic rings. The lowest BCUT2D eigenvalue weighted by atomic mass is 9.51. The zero-order chi connectivity index (χ0) is 56.0. The summed E-state index contributed by atoms with van der Waals surface area (Å²) in [5.41, 5.74) is 11.4. The minimum absolute atomic E-state index is 0.0272. The molecule has 1 saturated carbocycles. The summed E-state index contributed by atoms with van der Waals surface area (Å²) in [7, 11) is 1.68. The number of hydrogen-bond acceptors (Lipinski definition) is 11. The highest BCUT2D eigenvalue weighted by atomic mass is 16.5. The fourth-order valence-corrected chi connectivity index (χ4v) is 15.4. The van der Waals surface area contributed by atoms with E-state index in [1.54, 1.807) is 31.4 Å². The average molecular weight is 1100 g/mol. The zero-order valence-electron chi connectivity index (χ0n) is 47.1. The Bertz CT molecular complexity index is 3540. The smallest absolute Gasteiger partial charge is 0.168 e. The van der Waals surface area contributed by atoms with Crippen molar-refractivity contribution in [1.29, 1.82) is 0 Å². The summed E-state index contributed by atoms with van der Waals surface area (Å²) in [5, 5.41) is 65.5. The third kappa shape index (κ3) is 10.4. The van der Waals surface area contributed by atoms with Gasteiger partial charge in [0.2, 0.25) is 0 Å². The molecular formula is C70H77N3O9. The molecule has 8 bridgehead atoms. The summed E-state index contributed by atoms with van der Waals surface area (Å²) in [5.74, 6) is 9.16. The second kappa shape index (κ2) is 23.1. The van der Waals surface area contributed by atoms with Crippen molar-refractivity contribution < 1.29 is 44.5 Å². The fourth-order valence-electron chi connectivity index (χ4n) is 15.4. The number of aryl methyl sites for hydroxylation is 2. The van der Waals surface area contributed by atoms with Crippen LogP contribution in [0.3, 0.4) is 0 Å². The maximum atomic E-state index is 12.3. The maximum Gasteiger partial charge on any atom is 0.168 e. The Kier molecular flexibility index (Phi) is 15.3. The molecule has 7 atom stereocenters. The van der Waals surface area contributed by atoms with Crippen LogP contribution in [0.25, 0.3) is 22.7 Å². The molecule has 1 saturated heterocycles. The van der Waals surface area contributed by atoms with Crippen molar-refractivity contribution in [3.63, 3.8) is 0 Å². The summed E-state index contributed by atoms with van der Waals surface area (Å²) in [6.45, 7) is 1.14. The van der Waals surface area contributed by atoms with E-state index in [1.807, 2.05) is 30.4 Å². The molecule has 0 amide bonds. The quantitative estimate of drug-likeness (QED) is 0.0515. The molecule has 2 fully saturated rings. The largest absolute Gasteiger partial charge is 0.508 e. The number of nitrogens with one attached hydrogen (secondary N) is 2. The van der Waals surface area contributed by atoms with E-state index in [2.05, 4.69) is 88.0 Å². The van der Waals surface area contributed by atoms with Gasteiger partial charge in [0.25, 0.3) is 0 Å². The first-order valence-electron chi connectivity index (χ1n) is 30.1. The van der Waals surface area contributed by atoms with E-state index in [9.17, 15) is 25.5 Å². The van der Waals surface area contributed by atoms with Gasteiger partial charge in [0.05, 0.1) is 37.8 Å². The number of nitrogens with zero attached hydrogens (tertiary/aromatic N) is 1. The molecule has 8 aliphatic rings. The predicted molar refractivity (Wildman–Crippen MR) is 318 cm³/mol. The maximum absolute atomic E-state index is 12.3. The van der Waals surface area contributed by atoms with E-state index in [4.69, 9.17) is 18.9 Å². The molecule has 1 spiro atoms. The van der Waals surface area contributed by atoms with Gasteiger partial charge >= 0.3 is 0 Å². The Hall–Kier alpha value is -6.82. The van der Waals surface area contributed by atoms with Crippen LogP contribution in [0.5, 0.6) is 23.0 Å². The summed E-state index contributed by atoms with van der Waals surface area (Å²) >= 11 is 0. The Labute approximate surface area is 481 Å². The molecule has 0 radical (unpaired) electrons. The summed E-state index contributed by atoms with van der Waals surface area (Å²) < 4.78 is 29.0. The number of dihydropyridines is 1. The first-order valence-corrected chi connectivity index (χ1v) is 30.1. The molecule has 14 rings (SSSR count). The van der Waals surface area contributed by atoms with Crippen LogP contribution in [0, 0.1) is 29.6 Å². The lowest BCUT2D eigenvalue weighted by Crippen LogP contribution is -2.59. The number of aliphatic hydroxyl groups is 2.